The molecule has 106 valence electrons. The smallest absolute Gasteiger partial charge is 0.172 e. The van der Waals surface area contributed by atoms with Gasteiger partial charge in [-0.3, -0.25) is 9.78 Å². The molecule has 3 aromatic rings. The maximum atomic E-state index is 11.1. The minimum Gasteiger partial charge on any atom is -0.493 e. The van der Waals surface area contributed by atoms with Crippen LogP contribution in [0.3, 0.4) is 0 Å². The van der Waals surface area contributed by atoms with Crippen molar-refractivity contribution in [1.82, 2.24) is 9.38 Å². The Morgan fingerprint density at radius 2 is 2.19 bits per heavy atom. The molecule has 3 rings (SSSR count). The Kier molecular flexibility index (Phi) is 3.55. The van der Waals surface area contributed by atoms with Crippen molar-refractivity contribution in [2.75, 3.05) is 7.11 Å². The predicted molar refractivity (Wildman–Crippen MR) is 77.9 cm³/mol. The predicted octanol–water partition coefficient (Wildman–Crippen LogP) is 2.73. The van der Waals surface area contributed by atoms with Gasteiger partial charge in [0.15, 0.2) is 17.8 Å². The highest BCUT2D eigenvalue weighted by atomic mass is 16.5. The van der Waals surface area contributed by atoms with Crippen molar-refractivity contribution in [2.45, 2.75) is 6.61 Å². The molecule has 0 aliphatic heterocycles. The van der Waals surface area contributed by atoms with Gasteiger partial charge < -0.3 is 13.9 Å². The van der Waals surface area contributed by atoms with E-state index in [4.69, 9.17) is 9.47 Å². The summed E-state index contributed by atoms with van der Waals surface area (Å²) < 4.78 is 13.0. The van der Waals surface area contributed by atoms with Gasteiger partial charge in [-0.2, -0.15) is 0 Å². The van der Waals surface area contributed by atoms with Gasteiger partial charge in [0.1, 0.15) is 6.61 Å². The Balaban J connectivity index is 1.90. The molecule has 0 aliphatic carbocycles. The average molecular weight is 282 g/mol. The maximum Gasteiger partial charge on any atom is 0.172 e. The molecule has 0 amide bonds. The van der Waals surface area contributed by atoms with Gasteiger partial charge >= 0.3 is 0 Å². The third-order valence-electron chi connectivity index (χ3n) is 3.26. The molecule has 0 atom stereocenters. The number of hydrogen-bond donors (Lipinski definition) is 0. The molecule has 2 heterocycles. The number of aldehydes is 1. The van der Waals surface area contributed by atoms with Crippen LogP contribution in [0.2, 0.25) is 0 Å². The Morgan fingerprint density at radius 1 is 1.29 bits per heavy atom. The summed E-state index contributed by atoms with van der Waals surface area (Å²) in [4.78, 5) is 15.2. The third-order valence-corrected chi connectivity index (χ3v) is 3.26. The first kappa shape index (κ1) is 13.2. The van der Waals surface area contributed by atoms with Crippen molar-refractivity contribution in [3.8, 4) is 11.5 Å². The second-order valence-corrected chi connectivity index (χ2v) is 4.48. The van der Waals surface area contributed by atoms with Gasteiger partial charge in [0.2, 0.25) is 0 Å². The molecule has 0 unspecified atom stereocenters. The molecular formula is C16H14N2O3. The number of aromatic nitrogens is 2. The van der Waals surface area contributed by atoms with Crippen LogP contribution >= 0.6 is 0 Å². The minimum atomic E-state index is 0.333. The maximum absolute atomic E-state index is 11.1. The molecule has 21 heavy (non-hydrogen) atoms. The highest BCUT2D eigenvalue weighted by Gasteiger charge is 2.11. The van der Waals surface area contributed by atoms with E-state index in [1.165, 1.54) is 0 Å². The zero-order valence-electron chi connectivity index (χ0n) is 11.5. The molecular weight excluding hydrogens is 268 g/mol. The van der Waals surface area contributed by atoms with Crippen LogP contribution in [0, 0.1) is 0 Å². The molecule has 1 aromatic carbocycles. The number of fused-ring (bicyclic) bond motifs is 1. The quantitative estimate of drug-likeness (QED) is 0.675. The van der Waals surface area contributed by atoms with E-state index in [9.17, 15) is 4.79 Å². The summed E-state index contributed by atoms with van der Waals surface area (Å²) in [6.07, 6.45) is 6.13. The van der Waals surface area contributed by atoms with Crippen molar-refractivity contribution in [1.29, 1.82) is 0 Å². The van der Waals surface area contributed by atoms with Crippen LogP contribution in [-0.2, 0) is 6.61 Å². The molecule has 5 heteroatoms. The molecule has 0 fully saturated rings. The number of carbonyl (C=O) groups is 1. The van der Waals surface area contributed by atoms with E-state index in [1.807, 2.05) is 22.7 Å². The summed E-state index contributed by atoms with van der Waals surface area (Å²) in [5.41, 5.74) is 2.43. The molecule has 0 saturated carbocycles. The van der Waals surface area contributed by atoms with Gasteiger partial charge in [0.25, 0.3) is 0 Å². The molecule has 0 spiro atoms. The Morgan fingerprint density at radius 3 is 3.00 bits per heavy atom. The van der Waals surface area contributed by atoms with Gasteiger partial charge in [0, 0.05) is 12.4 Å². The molecule has 0 N–H and O–H groups in total. The van der Waals surface area contributed by atoms with E-state index in [2.05, 4.69) is 4.98 Å². The summed E-state index contributed by atoms with van der Waals surface area (Å²) in [6.45, 7) is 0.333. The molecule has 0 radical (unpaired) electrons. The molecule has 2 aromatic heterocycles. The summed E-state index contributed by atoms with van der Waals surface area (Å²) in [5, 5.41) is 0. The van der Waals surface area contributed by atoms with Gasteiger partial charge in [-0.25, -0.2) is 0 Å². The standard InChI is InChI=1S/C16H14N2O3/c1-20-15-4-2-3-12(10-19)16(15)21-11-14-6-5-13-9-17-7-8-18(13)14/h2-10H,11H2,1H3. The highest BCUT2D eigenvalue weighted by Crippen LogP contribution is 2.30. The third kappa shape index (κ3) is 2.45. The van der Waals surface area contributed by atoms with Crippen molar-refractivity contribution in [2.24, 2.45) is 0 Å². The summed E-state index contributed by atoms with van der Waals surface area (Å²) >= 11 is 0. The van der Waals surface area contributed by atoms with E-state index in [0.717, 1.165) is 17.5 Å². The number of para-hydroxylation sites is 1. The Hall–Kier alpha value is -2.82. The number of ether oxygens (including phenoxy) is 2. The first-order chi connectivity index (χ1) is 10.3. The molecule has 0 saturated heterocycles. The number of rotatable bonds is 5. The van der Waals surface area contributed by atoms with Crippen LogP contribution in [0.1, 0.15) is 16.1 Å². The normalized spacial score (nSPS) is 10.5. The van der Waals surface area contributed by atoms with E-state index in [1.54, 1.807) is 37.7 Å². The average Bonchev–Trinajstić information content (AvgIpc) is 2.95. The second kappa shape index (κ2) is 5.66. The number of methoxy groups -OCH3 is 1. The van der Waals surface area contributed by atoms with Gasteiger partial charge in [-0.1, -0.05) is 6.07 Å². The SMILES string of the molecule is COc1cccc(C=O)c1OCc1ccc2cnccn12. The number of carbonyl (C=O) groups excluding carboxylic acids is 1. The zero-order valence-corrected chi connectivity index (χ0v) is 11.5. The largest absolute Gasteiger partial charge is 0.493 e. The van der Waals surface area contributed by atoms with Crippen LogP contribution in [0.15, 0.2) is 48.9 Å². The zero-order chi connectivity index (χ0) is 14.7. The number of nitrogens with zero attached hydrogens (tertiary/aromatic N) is 2. The summed E-state index contributed by atoms with van der Waals surface area (Å²) in [7, 11) is 1.55. The fraction of sp³-hybridized carbons (Fsp3) is 0.125. The molecule has 0 bridgehead atoms. The van der Waals surface area contributed by atoms with Gasteiger partial charge in [-0.15, -0.1) is 0 Å². The van der Waals surface area contributed by atoms with Crippen LogP contribution in [0.5, 0.6) is 11.5 Å². The van der Waals surface area contributed by atoms with Crippen molar-refractivity contribution in [3.05, 3.63) is 60.2 Å². The molecule has 0 aliphatic rings. The van der Waals surface area contributed by atoms with E-state index < -0.39 is 0 Å². The van der Waals surface area contributed by atoms with Crippen LogP contribution < -0.4 is 9.47 Å². The van der Waals surface area contributed by atoms with E-state index in [0.29, 0.717) is 23.7 Å². The first-order valence-electron chi connectivity index (χ1n) is 6.48. The van der Waals surface area contributed by atoms with Gasteiger partial charge in [-0.05, 0) is 24.3 Å². The van der Waals surface area contributed by atoms with E-state index in [-0.39, 0.29) is 0 Å². The Bertz CT molecular complexity index is 780. The van der Waals surface area contributed by atoms with Crippen molar-refractivity contribution in [3.63, 3.8) is 0 Å². The van der Waals surface area contributed by atoms with Crippen LogP contribution in [-0.4, -0.2) is 22.8 Å². The van der Waals surface area contributed by atoms with Crippen LogP contribution in [0.25, 0.3) is 5.52 Å². The Labute approximate surface area is 121 Å². The fourth-order valence-corrected chi connectivity index (χ4v) is 2.22. The lowest BCUT2D eigenvalue weighted by molar-refractivity contribution is 0.111. The fourth-order valence-electron chi connectivity index (χ4n) is 2.22. The van der Waals surface area contributed by atoms with Crippen molar-refractivity contribution < 1.29 is 14.3 Å². The van der Waals surface area contributed by atoms with Gasteiger partial charge in [0.05, 0.1) is 30.1 Å². The monoisotopic (exact) mass is 282 g/mol. The lowest BCUT2D eigenvalue weighted by Crippen LogP contribution is -2.03. The summed E-state index contributed by atoms with van der Waals surface area (Å²) in [5.74, 6) is 1.00. The lowest BCUT2D eigenvalue weighted by Gasteiger charge is -2.12. The topological polar surface area (TPSA) is 52.8 Å². The second-order valence-electron chi connectivity index (χ2n) is 4.48. The molecule has 5 nitrogen and oxygen atoms in total. The lowest BCUT2D eigenvalue weighted by atomic mass is 10.2. The van der Waals surface area contributed by atoms with Crippen LogP contribution in [0.4, 0.5) is 0 Å². The number of benzene rings is 1. The first-order valence-corrected chi connectivity index (χ1v) is 6.48. The van der Waals surface area contributed by atoms with Crippen molar-refractivity contribution >= 4 is 11.8 Å². The highest BCUT2D eigenvalue weighted by molar-refractivity contribution is 5.81. The minimum absolute atomic E-state index is 0.333. The summed E-state index contributed by atoms with van der Waals surface area (Å²) in [6, 6.07) is 9.16. The number of hydrogen-bond acceptors (Lipinski definition) is 4. The van der Waals surface area contributed by atoms with E-state index >= 15 is 0 Å².